The highest BCUT2D eigenvalue weighted by Crippen LogP contribution is 2.20. The van der Waals surface area contributed by atoms with Gasteiger partial charge in [0.15, 0.2) is 0 Å². The first kappa shape index (κ1) is 16.2. The fourth-order valence-corrected chi connectivity index (χ4v) is 2.35. The molecule has 106 valence electrons. The topological polar surface area (TPSA) is 44.4 Å². The number of carbonyl (C=O) groups is 1. The van der Waals surface area contributed by atoms with Crippen molar-refractivity contribution in [1.82, 2.24) is 10.2 Å². The molecular formula is C13H19Cl2N3O. The van der Waals surface area contributed by atoms with Gasteiger partial charge in [-0.3, -0.25) is 9.69 Å². The molecule has 0 radical (unpaired) electrons. The molecule has 1 unspecified atom stereocenters. The van der Waals surface area contributed by atoms with E-state index in [1.54, 1.807) is 12.1 Å². The average molecular weight is 304 g/mol. The molecule has 1 aliphatic heterocycles. The van der Waals surface area contributed by atoms with Gasteiger partial charge < -0.3 is 10.6 Å². The lowest BCUT2D eigenvalue weighted by molar-refractivity contribution is -0.117. The minimum Gasteiger partial charge on any atom is -0.324 e. The number of nitrogens with one attached hydrogen (secondary N) is 2. The lowest BCUT2D eigenvalue weighted by Crippen LogP contribution is -2.34. The molecule has 1 atom stereocenters. The van der Waals surface area contributed by atoms with E-state index in [2.05, 4.69) is 15.5 Å². The van der Waals surface area contributed by atoms with Gasteiger partial charge in [-0.15, -0.1) is 12.4 Å². The van der Waals surface area contributed by atoms with Gasteiger partial charge in [0.25, 0.3) is 0 Å². The van der Waals surface area contributed by atoms with E-state index in [-0.39, 0.29) is 18.3 Å². The zero-order valence-corrected chi connectivity index (χ0v) is 12.4. The number of rotatable bonds is 4. The smallest absolute Gasteiger partial charge is 0.238 e. The fourth-order valence-electron chi connectivity index (χ4n) is 2.17. The number of nitrogens with zero attached hydrogens (tertiary/aromatic N) is 1. The Labute approximate surface area is 124 Å². The largest absolute Gasteiger partial charge is 0.324 e. The van der Waals surface area contributed by atoms with Crippen LogP contribution in [0.1, 0.15) is 6.42 Å². The Balaban J connectivity index is 0.00000180. The highest BCUT2D eigenvalue weighted by atomic mass is 35.5. The van der Waals surface area contributed by atoms with E-state index in [0.717, 1.165) is 19.5 Å². The monoisotopic (exact) mass is 303 g/mol. The number of anilines is 1. The maximum atomic E-state index is 11.9. The summed E-state index contributed by atoms with van der Waals surface area (Å²) in [7, 11) is 1.96. The molecule has 1 heterocycles. The number of likely N-dealkylation sites (N-methyl/N-ethyl adjacent to an activating group) is 1. The molecule has 0 bridgehead atoms. The van der Waals surface area contributed by atoms with E-state index >= 15 is 0 Å². The Morgan fingerprint density at radius 3 is 2.84 bits per heavy atom. The van der Waals surface area contributed by atoms with E-state index in [1.807, 2.05) is 19.2 Å². The van der Waals surface area contributed by atoms with Gasteiger partial charge in [-0.2, -0.15) is 0 Å². The third kappa shape index (κ3) is 4.66. The van der Waals surface area contributed by atoms with E-state index < -0.39 is 0 Å². The number of carbonyl (C=O) groups excluding carboxylic acids is 1. The van der Waals surface area contributed by atoms with E-state index in [4.69, 9.17) is 11.6 Å². The quantitative estimate of drug-likeness (QED) is 0.894. The van der Waals surface area contributed by atoms with Crippen LogP contribution in [0.4, 0.5) is 5.69 Å². The first-order valence-corrected chi connectivity index (χ1v) is 6.51. The van der Waals surface area contributed by atoms with Crippen molar-refractivity contribution in [2.24, 2.45) is 0 Å². The molecule has 0 spiro atoms. The van der Waals surface area contributed by atoms with Crippen LogP contribution in [0.2, 0.25) is 5.02 Å². The molecule has 1 saturated heterocycles. The van der Waals surface area contributed by atoms with E-state index in [1.165, 1.54) is 0 Å². The Morgan fingerprint density at radius 2 is 2.21 bits per heavy atom. The average Bonchev–Trinajstić information content (AvgIpc) is 2.80. The Bertz CT molecular complexity index is 428. The summed E-state index contributed by atoms with van der Waals surface area (Å²) in [6.07, 6.45) is 1.09. The first-order chi connectivity index (χ1) is 8.69. The lowest BCUT2D eigenvalue weighted by Gasteiger charge is -2.15. The number of hydrogen-bond donors (Lipinski definition) is 2. The van der Waals surface area contributed by atoms with Crippen LogP contribution in [0, 0.1) is 0 Å². The second kappa shape index (κ2) is 7.70. The van der Waals surface area contributed by atoms with Gasteiger partial charge in [0, 0.05) is 19.1 Å². The van der Waals surface area contributed by atoms with Crippen LogP contribution in [0.5, 0.6) is 0 Å². The van der Waals surface area contributed by atoms with Crippen LogP contribution >= 0.6 is 24.0 Å². The maximum absolute atomic E-state index is 11.9. The molecule has 2 N–H and O–H groups in total. The zero-order chi connectivity index (χ0) is 13.0. The zero-order valence-electron chi connectivity index (χ0n) is 10.9. The van der Waals surface area contributed by atoms with Crippen molar-refractivity contribution < 1.29 is 4.79 Å². The van der Waals surface area contributed by atoms with Crippen LogP contribution in [0.15, 0.2) is 24.3 Å². The number of likely N-dealkylation sites (tertiary alicyclic amines) is 1. The molecule has 1 amide bonds. The maximum Gasteiger partial charge on any atom is 0.238 e. The molecule has 1 aromatic carbocycles. The summed E-state index contributed by atoms with van der Waals surface area (Å²) in [4.78, 5) is 14.0. The molecule has 1 aromatic rings. The third-order valence-corrected chi connectivity index (χ3v) is 3.53. The summed E-state index contributed by atoms with van der Waals surface area (Å²) < 4.78 is 0. The van der Waals surface area contributed by atoms with Gasteiger partial charge in [-0.25, -0.2) is 0 Å². The summed E-state index contributed by atoms with van der Waals surface area (Å²) in [5.41, 5.74) is 0.675. The van der Waals surface area contributed by atoms with Crippen molar-refractivity contribution in [2.45, 2.75) is 12.5 Å². The van der Waals surface area contributed by atoms with Crippen molar-refractivity contribution in [3.8, 4) is 0 Å². The fraction of sp³-hybridized carbons (Fsp3) is 0.462. The van der Waals surface area contributed by atoms with Crippen molar-refractivity contribution in [3.05, 3.63) is 29.3 Å². The van der Waals surface area contributed by atoms with Gasteiger partial charge in [0.05, 0.1) is 17.3 Å². The number of amides is 1. The number of halogens is 2. The number of benzene rings is 1. The molecule has 0 aliphatic carbocycles. The summed E-state index contributed by atoms with van der Waals surface area (Å²) in [5, 5.41) is 6.64. The molecule has 1 aliphatic rings. The van der Waals surface area contributed by atoms with E-state index in [0.29, 0.717) is 23.3 Å². The van der Waals surface area contributed by atoms with Gasteiger partial charge in [-0.05, 0) is 25.6 Å². The minimum atomic E-state index is -0.0140. The summed E-state index contributed by atoms with van der Waals surface area (Å²) in [5.74, 6) is -0.0140. The second-order valence-corrected chi connectivity index (χ2v) is 4.94. The minimum absolute atomic E-state index is 0. The molecule has 1 fully saturated rings. The van der Waals surface area contributed by atoms with Crippen LogP contribution < -0.4 is 10.6 Å². The van der Waals surface area contributed by atoms with Gasteiger partial charge in [-0.1, -0.05) is 23.7 Å². The Morgan fingerprint density at radius 1 is 1.47 bits per heavy atom. The second-order valence-electron chi connectivity index (χ2n) is 4.54. The summed E-state index contributed by atoms with van der Waals surface area (Å²) in [6, 6.07) is 7.77. The Hall–Kier alpha value is -0.810. The normalized spacial score (nSPS) is 18.9. The molecule has 0 aromatic heterocycles. The molecule has 2 rings (SSSR count). The van der Waals surface area contributed by atoms with Crippen molar-refractivity contribution in [1.29, 1.82) is 0 Å². The van der Waals surface area contributed by atoms with Gasteiger partial charge in [0.2, 0.25) is 5.91 Å². The predicted molar refractivity (Wildman–Crippen MR) is 81.2 cm³/mol. The highest BCUT2D eigenvalue weighted by molar-refractivity contribution is 6.33. The Kier molecular flexibility index (Phi) is 6.58. The highest BCUT2D eigenvalue weighted by Gasteiger charge is 2.22. The molecule has 0 saturated carbocycles. The third-order valence-electron chi connectivity index (χ3n) is 3.20. The molecular weight excluding hydrogens is 285 g/mol. The first-order valence-electron chi connectivity index (χ1n) is 6.13. The van der Waals surface area contributed by atoms with Crippen molar-refractivity contribution in [3.63, 3.8) is 0 Å². The van der Waals surface area contributed by atoms with Crippen LogP contribution in [0.3, 0.4) is 0 Å². The number of para-hydroxylation sites is 1. The van der Waals surface area contributed by atoms with Gasteiger partial charge >= 0.3 is 0 Å². The predicted octanol–water partition coefficient (Wildman–Crippen LogP) is 1.99. The van der Waals surface area contributed by atoms with Crippen LogP contribution in [-0.4, -0.2) is 43.5 Å². The SMILES string of the molecule is CNC1CCN(CC(=O)Nc2ccccc2Cl)C1.Cl. The van der Waals surface area contributed by atoms with E-state index in [9.17, 15) is 4.79 Å². The lowest BCUT2D eigenvalue weighted by atomic mass is 10.3. The summed E-state index contributed by atoms with van der Waals surface area (Å²) >= 11 is 5.99. The van der Waals surface area contributed by atoms with Crippen molar-refractivity contribution >= 4 is 35.6 Å². The van der Waals surface area contributed by atoms with Crippen molar-refractivity contribution in [2.75, 3.05) is 32.0 Å². The van der Waals surface area contributed by atoms with Gasteiger partial charge in [0.1, 0.15) is 0 Å². The molecule has 19 heavy (non-hydrogen) atoms. The van der Waals surface area contributed by atoms with Crippen LogP contribution in [-0.2, 0) is 4.79 Å². The standard InChI is InChI=1S/C13H18ClN3O.ClH/c1-15-10-6-7-17(8-10)9-13(18)16-12-5-3-2-4-11(12)14;/h2-5,10,15H,6-9H2,1H3,(H,16,18);1H. The summed E-state index contributed by atoms with van der Waals surface area (Å²) in [6.45, 7) is 2.30. The molecule has 6 heteroatoms. The number of hydrogen-bond acceptors (Lipinski definition) is 3. The van der Waals surface area contributed by atoms with Crippen LogP contribution in [0.25, 0.3) is 0 Å². The molecule has 4 nitrogen and oxygen atoms in total.